The lowest BCUT2D eigenvalue weighted by Crippen LogP contribution is -2.35. The molecule has 0 unspecified atom stereocenters. The zero-order chi connectivity index (χ0) is 18.9. The molecule has 7 nitrogen and oxygen atoms in total. The van der Waals surface area contributed by atoms with Gasteiger partial charge in [-0.1, -0.05) is 11.6 Å². The van der Waals surface area contributed by atoms with Crippen molar-refractivity contribution < 1.29 is 19.1 Å². The maximum atomic E-state index is 11.8. The molecule has 3 amide bonds. The summed E-state index contributed by atoms with van der Waals surface area (Å²) >= 11 is 5.76. The number of hydrogen-bond acceptors (Lipinski definition) is 4. The van der Waals surface area contributed by atoms with E-state index in [1.807, 2.05) is 0 Å². The highest BCUT2D eigenvalue weighted by Gasteiger charge is 2.07. The molecule has 3 N–H and O–H groups in total. The van der Waals surface area contributed by atoms with E-state index >= 15 is 0 Å². The molecular formula is C18H18ClN3O4. The summed E-state index contributed by atoms with van der Waals surface area (Å²) in [5.41, 5.74) is 1.18. The molecule has 0 aliphatic rings. The molecule has 0 saturated heterocycles. The molecule has 0 aliphatic heterocycles. The first kappa shape index (κ1) is 19.3. The highest BCUT2D eigenvalue weighted by molar-refractivity contribution is 6.30. The van der Waals surface area contributed by atoms with Crippen molar-refractivity contribution in [2.75, 3.05) is 23.8 Å². The van der Waals surface area contributed by atoms with E-state index in [0.29, 0.717) is 22.1 Å². The highest BCUT2D eigenvalue weighted by Crippen LogP contribution is 2.15. The maximum Gasteiger partial charge on any atom is 0.258 e. The summed E-state index contributed by atoms with van der Waals surface area (Å²) in [5, 5.41) is 8.30. The fourth-order valence-corrected chi connectivity index (χ4v) is 2.08. The zero-order valence-corrected chi connectivity index (χ0v) is 14.8. The minimum absolute atomic E-state index is 0.176. The molecule has 0 atom stereocenters. The van der Waals surface area contributed by atoms with Gasteiger partial charge in [-0.2, -0.15) is 0 Å². The number of anilines is 2. The van der Waals surface area contributed by atoms with Crippen LogP contribution >= 0.6 is 11.6 Å². The van der Waals surface area contributed by atoms with E-state index < -0.39 is 5.91 Å². The van der Waals surface area contributed by atoms with E-state index in [1.165, 1.54) is 6.92 Å². The molecule has 2 aromatic rings. The molecule has 0 aliphatic carbocycles. The van der Waals surface area contributed by atoms with E-state index in [0.717, 1.165) is 0 Å². The van der Waals surface area contributed by atoms with Gasteiger partial charge in [-0.05, 0) is 48.5 Å². The van der Waals surface area contributed by atoms with Crippen LogP contribution in [-0.4, -0.2) is 30.9 Å². The van der Waals surface area contributed by atoms with E-state index in [2.05, 4.69) is 16.0 Å². The summed E-state index contributed by atoms with van der Waals surface area (Å²) in [5.74, 6) is -0.466. The first-order valence-electron chi connectivity index (χ1n) is 7.75. The molecule has 0 fully saturated rings. The predicted molar refractivity (Wildman–Crippen MR) is 99.3 cm³/mol. The molecule has 0 saturated carbocycles. The lowest BCUT2D eigenvalue weighted by atomic mass is 10.2. The molecule has 2 rings (SSSR count). The van der Waals surface area contributed by atoms with Crippen molar-refractivity contribution >= 4 is 40.7 Å². The average Bonchev–Trinajstić information content (AvgIpc) is 2.61. The van der Waals surface area contributed by atoms with Crippen molar-refractivity contribution in [3.05, 3.63) is 53.6 Å². The van der Waals surface area contributed by atoms with Crippen LogP contribution in [0, 0.1) is 0 Å². The number of halogens is 1. The van der Waals surface area contributed by atoms with Crippen LogP contribution in [0.3, 0.4) is 0 Å². The fourth-order valence-electron chi connectivity index (χ4n) is 1.95. The van der Waals surface area contributed by atoms with Gasteiger partial charge in [-0.25, -0.2) is 0 Å². The largest absolute Gasteiger partial charge is 0.484 e. The topological polar surface area (TPSA) is 96.5 Å². The zero-order valence-electron chi connectivity index (χ0n) is 14.0. The van der Waals surface area contributed by atoms with Crippen LogP contribution in [0.5, 0.6) is 5.75 Å². The van der Waals surface area contributed by atoms with Crippen LogP contribution in [0.25, 0.3) is 0 Å². The number of benzene rings is 2. The van der Waals surface area contributed by atoms with Gasteiger partial charge in [-0.3, -0.25) is 14.4 Å². The lowest BCUT2D eigenvalue weighted by Gasteiger charge is -2.09. The fraction of sp³-hybridized carbons (Fsp3) is 0.167. The van der Waals surface area contributed by atoms with Gasteiger partial charge in [0.2, 0.25) is 11.8 Å². The Bertz CT molecular complexity index is 776. The molecule has 0 aromatic heterocycles. The highest BCUT2D eigenvalue weighted by atomic mass is 35.5. The van der Waals surface area contributed by atoms with Crippen molar-refractivity contribution in [3.63, 3.8) is 0 Å². The summed E-state index contributed by atoms with van der Waals surface area (Å²) in [7, 11) is 0. The second kappa shape index (κ2) is 9.43. The minimum atomic E-state index is -0.420. The monoisotopic (exact) mass is 375 g/mol. The van der Waals surface area contributed by atoms with Crippen molar-refractivity contribution in [3.8, 4) is 5.75 Å². The molecule has 0 spiro atoms. The number of carbonyl (C=O) groups is 3. The lowest BCUT2D eigenvalue weighted by molar-refractivity contribution is -0.125. The summed E-state index contributed by atoms with van der Waals surface area (Å²) < 4.78 is 5.28. The van der Waals surface area contributed by atoms with Gasteiger partial charge in [0, 0.05) is 23.3 Å². The van der Waals surface area contributed by atoms with Crippen molar-refractivity contribution in [1.29, 1.82) is 0 Å². The third-order valence-corrected chi connectivity index (χ3v) is 3.37. The van der Waals surface area contributed by atoms with E-state index in [4.69, 9.17) is 16.3 Å². The third-order valence-electron chi connectivity index (χ3n) is 3.12. The number of amides is 3. The molecule has 2 aromatic carbocycles. The molecule has 0 radical (unpaired) electrons. The second-order valence-electron chi connectivity index (χ2n) is 5.33. The third kappa shape index (κ3) is 6.82. The predicted octanol–water partition coefficient (Wildman–Crippen LogP) is 2.43. The number of ether oxygens (including phenoxy) is 1. The Balaban J connectivity index is 1.71. The number of hydrogen-bond donors (Lipinski definition) is 3. The van der Waals surface area contributed by atoms with Crippen LogP contribution in [0.2, 0.25) is 5.02 Å². The molecule has 0 bridgehead atoms. The van der Waals surface area contributed by atoms with Crippen molar-refractivity contribution in [2.45, 2.75) is 6.92 Å². The van der Waals surface area contributed by atoms with Crippen LogP contribution < -0.4 is 20.7 Å². The van der Waals surface area contributed by atoms with Gasteiger partial charge >= 0.3 is 0 Å². The van der Waals surface area contributed by atoms with Crippen LogP contribution in [0.15, 0.2) is 48.5 Å². The smallest absolute Gasteiger partial charge is 0.258 e. The molecule has 8 heteroatoms. The Kier molecular flexibility index (Phi) is 6.99. The van der Waals surface area contributed by atoms with Gasteiger partial charge < -0.3 is 20.7 Å². The Morgan fingerprint density at radius 3 is 2.04 bits per heavy atom. The Morgan fingerprint density at radius 2 is 1.46 bits per heavy atom. The average molecular weight is 376 g/mol. The minimum Gasteiger partial charge on any atom is -0.484 e. The van der Waals surface area contributed by atoms with E-state index in [-0.39, 0.29) is 25.0 Å². The van der Waals surface area contributed by atoms with Crippen molar-refractivity contribution in [2.24, 2.45) is 0 Å². The number of carbonyl (C=O) groups excluding carboxylic acids is 3. The van der Waals surface area contributed by atoms with Crippen LogP contribution in [-0.2, 0) is 14.4 Å². The van der Waals surface area contributed by atoms with Gasteiger partial charge in [0.15, 0.2) is 6.61 Å². The van der Waals surface area contributed by atoms with Crippen LogP contribution in [0.4, 0.5) is 11.4 Å². The maximum absolute atomic E-state index is 11.8. The van der Waals surface area contributed by atoms with E-state index in [9.17, 15) is 14.4 Å². The summed E-state index contributed by atoms with van der Waals surface area (Å²) in [6, 6.07) is 13.2. The Hall–Kier alpha value is -3.06. The Morgan fingerprint density at radius 1 is 0.885 bits per heavy atom. The number of rotatable bonds is 7. The van der Waals surface area contributed by atoms with Gasteiger partial charge in [0.05, 0.1) is 6.54 Å². The van der Waals surface area contributed by atoms with Gasteiger partial charge in [0.25, 0.3) is 5.91 Å². The Labute approximate surface area is 155 Å². The van der Waals surface area contributed by atoms with Gasteiger partial charge in [-0.15, -0.1) is 0 Å². The first-order valence-corrected chi connectivity index (χ1v) is 8.13. The van der Waals surface area contributed by atoms with Gasteiger partial charge in [0.1, 0.15) is 5.75 Å². The number of nitrogens with one attached hydrogen (secondary N) is 3. The quantitative estimate of drug-likeness (QED) is 0.692. The summed E-state index contributed by atoms with van der Waals surface area (Å²) in [4.78, 5) is 34.5. The molecular weight excluding hydrogens is 358 g/mol. The van der Waals surface area contributed by atoms with Crippen molar-refractivity contribution in [1.82, 2.24) is 5.32 Å². The molecule has 136 valence electrons. The molecule has 0 heterocycles. The summed E-state index contributed by atoms with van der Waals surface area (Å²) in [6.45, 7) is 1.02. The van der Waals surface area contributed by atoms with E-state index in [1.54, 1.807) is 48.5 Å². The standard InChI is InChI=1S/C18H18ClN3O4/c1-12(23)21-14-4-6-15(7-5-14)22-17(24)10-20-18(25)11-26-16-8-2-13(19)3-9-16/h2-9H,10-11H2,1H3,(H,20,25)(H,21,23)(H,22,24). The second-order valence-corrected chi connectivity index (χ2v) is 5.76. The summed E-state index contributed by atoms with van der Waals surface area (Å²) in [6.07, 6.45) is 0. The normalized spacial score (nSPS) is 9.92. The first-order chi connectivity index (χ1) is 12.4. The molecule has 26 heavy (non-hydrogen) atoms. The SMILES string of the molecule is CC(=O)Nc1ccc(NC(=O)CNC(=O)COc2ccc(Cl)cc2)cc1. The van der Waals surface area contributed by atoms with Crippen LogP contribution in [0.1, 0.15) is 6.92 Å².